The average molecular weight is 253 g/mol. The van der Waals surface area contributed by atoms with Crippen molar-refractivity contribution < 1.29 is 4.79 Å². The molecule has 0 bridgehead atoms. The Morgan fingerprint density at radius 3 is 2.61 bits per heavy atom. The van der Waals surface area contributed by atoms with Gasteiger partial charge in [0.05, 0.1) is 0 Å². The summed E-state index contributed by atoms with van der Waals surface area (Å²) in [6.45, 7) is 11.6. The van der Waals surface area contributed by atoms with Crippen molar-refractivity contribution in [3.05, 3.63) is 0 Å². The largest absolute Gasteiger partial charge is 0.340 e. The third-order valence-electron chi connectivity index (χ3n) is 4.09. The molecule has 0 aromatic rings. The number of carbonyl (C=O) groups is 1. The summed E-state index contributed by atoms with van der Waals surface area (Å²) in [5.74, 6) is 0.333. The van der Waals surface area contributed by atoms with E-state index in [2.05, 4.69) is 24.1 Å². The maximum atomic E-state index is 12.1. The Labute approximate surface area is 111 Å². The summed E-state index contributed by atoms with van der Waals surface area (Å²) >= 11 is 0. The lowest BCUT2D eigenvalue weighted by Crippen LogP contribution is -2.47. The molecule has 0 unspecified atom stereocenters. The van der Waals surface area contributed by atoms with E-state index in [0.29, 0.717) is 17.7 Å². The third-order valence-corrected chi connectivity index (χ3v) is 4.09. The molecule has 2 saturated heterocycles. The number of amides is 1. The molecule has 2 aliphatic rings. The summed E-state index contributed by atoms with van der Waals surface area (Å²) in [7, 11) is 0. The van der Waals surface area contributed by atoms with E-state index in [4.69, 9.17) is 0 Å². The second-order valence-electron chi connectivity index (χ2n) is 6.42. The molecule has 0 spiro atoms. The Kier molecular flexibility index (Phi) is 4.62. The Morgan fingerprint density at radius 2 is 1.94 bits per heavy atom. The zero-order valence-electron chi connectivity index (χ0n) is 11.9. The number of hydrogen-bond acceptors (Lipinski definition) is 3. The van der Waals surface area contributed by atoms with Gasteiger partial charge in [0.25, 0.3) is 0 Å². The average Bonchev–Trinajstić information content (AvgIpc) is 2.36. The lowest BCUT2D eigenvalue weighted by molar-refractivity contribution is -0.132. The van der Waals surface area contributed by atoms with E-state index in [1.165, 1.54) is 12.8 Å². The van der Waals surface area contributed by atoms with Gasteiger partial charge in [0.15, 0.2) is 0 Å². The highest BCUT2D eigenvalue weighted by atomic mass is 16.2. The maximum absolute atomic E-state index is 12.1. The molecule has 0 aliphatic carbocycles. The molecule has 0 atom stereocenters. The number of hydrogen-bond donors (Lipinski definition) is 1. The first-order valence-electron chi connectivity index (χ1n) is 7.28. The fraction of sp³-hybridized carbons (Fsp3) is 0.929. The molecule has 0 aromatic heterocycles. The molecule has 2 fully saturated rings. The van der Waals surface area contributed by atoms with Gasteiger partial charge in [-0.1, -0.05) is 13.8 Å². The third kappa shape index (κ3) is 3.95. The van der Waals surface area contributed by atoms with Crippen LogP contribution in [0.3, 0.4) is 0 Å². The molecule has 2 rings (SSSR count). The van der Waals surface area contributed by atoms with E-state index in [-0.39, 0.29) is 0 Å². The fourth-order valence-corrected chi connectivity index (χ4v) is 3.06. The van der Waals surface area contributed by atoms with Crippen LogP contribution < -0.4 is 5.32 Å². The van der Waals surface area contributed by atoms with Gasteiger partial charge >= 0.3 is 0 Å². The van der Waals surface area contributed by atoms with E-state index in [9.17, 15) is 4.79 Å². The quantitative estimate of drug-likeness (QED) is 0.813. The first kappa shape index (κ1) is 13.8. The smallest absolute Gasteiger partial charge is 0.223 e. The van der Waals surface area contributed by atoms with Crippen LogP contribution in [0.15, 0.2) is 0 Å². The predicted octanol–water partition coefficient (Wildman–Crippen LogP) is 0.930. The number of nitrogens with zero attached hydrogens (tertiary/aromatic N) is 2. The zero-order chi connectivity index (χ0) is 13.0. The summed E-state index contributed by atoms with van der Waals surface area (Å²) < 4.78 is 0. The van der Waals surface area contributed by atoms with Crippen LogP contribution in [0.25, 0.3) is 0 Å². The van der Waals surface area contributed by atoms with Gasteiger partial charge in [0.2, 0.25) is 5.91 Å². The van der Waals surface area contributed by atoms with Gasteiger partial charge in [-0.3, -0.25) is 4.79 Å². The van der Waals surface area contributed by atoms with E-state index in [0.717, 1.165) is 45.8 Å². The lowest BCUT2D eigenvalue weighted by Gasteiger charge is -2.38. The van der Waals surface area contributed by atoms with Gasteiger partial charge < -0.3 is 15.1 Å². The van der Waals surface area contributed by atoms with Crippen molar-refractivity contribution in [2.45, 2.75) is 33.1 Å². The molecule has 18 heavy (non-hydrogen) atoms. The first-order valence-corrected chi connectivity index (χ1v) is 7.28. The van der Waals surface area contributed by atoms with Crippen LogP contribution in [0.4, 0.5) is 0 Å². The standard InChI is InChI=1S/C14H27N3O/c1-14(2)5-3-8-16(12-14)9-4-13(18)17-10-6-15-7-11-17/h15H,3-12H2,1-2H3. The van der Waals surface area contributed by atoms with Crippen molar-refractivity contribution in [2.24, 2.45) is 5.41 Å². The Bertz CT molecular complexity index is 285. The number of nitrogens with one attached hydrogen (secondary N) is 1. The molecule has 1 N–H and O–H groups in total. The van der Waals surface area contributed by atoms with Gasteiger partial charge in [-0.05, 0) is 24.8 Å². The van der Waals surface area contributed by atoms with Crippen LogP contribution in [-0.4, -0.2) is 61.5 Å². The van der Waals surface area contributed by atoms with Gasteiger partial charge in [0.1, 0.15) is 0 Å². The summed E-state index contributed by atoms with van der Waals surface area (Å²) in [5, 5.41) is 3.28. The minimum atomic E-state index is 0.333. The summed E-state index contributed by atoms with van der Waals surface area (Å²) in [5.41, 5.74) is 0.427. The topological polar surface area (TPSA) is 35.6 Å². The van der Waals surface area contributed by atoms with Crippen LogP contribution in [0.5, 0.6) is 0 Å². The molecule has 0 saturated carbocycles. The SMILES string of the molecule is CC1(C)CCCN(CCC(=O)N2CCNCC2)C1. The van der Waals surface area contributed by atoms with E-state index in [1.54, 1.807) is 0 Å². The van der Waals surface area contributed by atoms with Gasteiger partial charge in [0, 0.05) is 45.7 Å². The Balaban J connectivity index is 1.72. The van der Waals surface area contributed by atoms with Crippen molar-refractivity contribution >= 4 is 5.91 Å². The summed E-state index contributed by atoms with van der Waals surface area (Å²) in [4.78, 5) is 16.5. The number of piperidine rings is 1. The molecule has 4 nitrogen and oxygen atoms in total. The predicted molar refractivity (Wildman–Crippen MR) is 73.5 cm³/mol. The Hall–Kier alpha value is -0.610. The van der Waals surface area contributed by atoms with Crippen LogP contribution in [-0.2, 0) is 4.79 Å². The van der Waals surface area contributed by atoms with Crippen molar-refractivity contribution in [1.29, 1.82) is 0 Å². The van der Waals surface area contributed by atoms with Crippen LogP contribution in [0, 0.1) is 5.41 Å². The van der Waals surface area contributed by atoms with Crippen molar-refractivity contribution in [3.8, 4) is 0 Å². The fourth-order valence-electron chi connectivity index (χ4n) is 3.06. The lowest BCUT2D eigenvalue weighted by atomic mass is 9.84. The van der Waals surface area contributed by atoms with Gasteiger partial charge in [-0.15, -0.1) is 0 Å². The number of piperazine rings is 1. The van der Waals surface area contributed by atoms with Crippen molar-refractivity contribution in [2.75, 3.05) is 45.8 Å². The summed E-state index contributed by atoms with van der Waals surface area (Å²) in [6.07, 6.45) is 3.28. The molecule has 2 heterocycles. The van der Waals surface area contributed by atoms with Crippen LogP contribution >= 0.6 is 0 Å². The monoisotopic (exact) mass is 253 g/mol. The highest BCUT2D eigenvalue weighted by Crippen LogP contribution is 2.28. The molecule has 0 radical (unpaired) electrons. The molecule has 4 heteroatoms. The van der Waals surface area contributed by atoms with E-state index < -0.39 is 0 Å². The molecular weight excluding hydrogens is 226 g/mol. The zero-order valence-corrected chi connectivity index (χ0v) is 11.9. The number of carbonyl (C=O) groups excluding carboxylic acids is 1. The molecule has 2 aliphatic heterocycles. The van der Waals surface area contributed by atoms with Crippen molar-refractivity contribution in [3.63, 3.8) is 0 Å². The van der Waals surface area contributed by atoms with E-state index >= 15 is 0 Å². The number of likely N-dealkylation sites (tertiary alicyclic amines) is 1. The minimum absolute atomic E-state index is 0.333. The molecule has 1 amide bonds. The number of rotatable bonds is 3. The normalized spacial score (nSPS) is 25.1. The highest BCUT2D eigenvalue weighted by molar-refractivity contribution is 5.76. The van der Waals surface area contributed by atoms with E-state index in [1.807, 2.05) is 4.90 Å². The second-order valence-corrected chi connectivity index (χ2v) is 6.42. The van der Waals surface area contributed by atoms with Crippen molar-refractivity contribution in [1.82, 2.24) is 15.1 Å². The molecular formula is C14H27N3O. The Morgan fingerprint density at radius 1 is 1.22 bits per heavy atom. The minimum Gasteiger partial charge on any atom is -0.340 e. The van der Waals surface area contributed by atoms with Crippen LogP contribution in [0.2, 0.25) is 0 Å². The second kappa shape index (κ2) is 6.02. The maximum Gasteiger partial charge on any atom is 0.223 e. The van der Waals surface area contributed by atoms with Gasteiger partial charge in [-0.25, -0.2) is 0 Å². The highest BCUT2D eigenvalue weighted by Gasteiger charge is 2.26. The molecule has 0 aromatic carbocycles. The molecule has 104 valence electrons. The summed E-state index contributed by atoms with van der Waals surface area (Å²) in [6, 6.07) is 0. The van der Waals surface area contributed by atoms with Crippen LogP contribution in [0.1, 0.15) is 33.1 Å². The van der Waals surface area contributed by atoms with Gasteiger partial charge in [-0.2, -0.15) is 0 Å². The first-order chi connectivity index (χ1) is 8.57.